The smallest absolute Gasteiger partial charge is 0.408 e. The molecule has 0 radical (unpaired) electrons. The van der Waals surface area contributed by atoms with Crippen LogP contribution in [-0.2, 0) is 16.3 Å². The first kappa shape index (κ1) is 24.0. The molecule has 1 aromatic carbocycles. The Kier molecular flexibility index (Phi) is 5.86. The first-order valence-corrected chi connectivity index (χ1v) is 11.5. The molecule has 2 aromatic rings. The summed E-state index contributed by atoms with van der Waals surface area (Å²) >= 11 is 0. The first-order valence-electron chi connectivity index (χ1n) is 11.5. The SMILES string of the molecule is CC(C)(C)C(=O)OCn1ccnc1[C@@H]1Nc2ccc(F)cc2[C@H]2[C@@H]1CC(C(C)(C)C)N2C(=O)O. The van der Waals surface area contributed by atoms with Gasteiger partial charge >= 0.3 is 12.1 Å². The van der Waals surface area contributed by atoms with E-state index < -0.39 is 23.4 Å². The van der Waals surface area contributed by atoms with E-state index in [0.717, 1.165) is 0 Å². The van der Waals surface area contributed by atoms with Crippen LogP contribution in [0.25, 0.3) is 0 Å². The molecule has 0 bridgehead atoms. The maximum Gasteiger partial charge on any atom is 0.408 e. The number of carboxylic acid groups (broad SMARTS) is 1. The number of hydrogen-bond donors (Lipinski definition) is 2. The number of nitrogens with one attached hydrogen (secondary N) is 1. The number of halogens is 1. The molecule has 1 amide bonds. The van der Waals surface area contributed by atoms with Crippen molar-refractivity contribution in [3.63, 3.8) is 0 Å². The largest absolute Gasteiger partial charge is 0.465 e. The summed E-state index contributed by atoms with van der Waals surface area (Å²) in [4.78, 5) is 30.8. The molecular formula is C25H33FN4O4. The van der Waals surface area contributed by atoms with Gasteiger partial charge in [0.25, 0.3) is 0 Å². The zero-order chi connectivity index (χ0) is 25.0. The molecule has 2 N–H and O–H groups in total. The molecule has 34 heavy (non-hydrogen) atoms. The van der Waals surface area contributed by atoms with Crippen molar-refractivity contribution in [1.29, 1.82) is 0 Å². The van der Waals surface area contributed by atoms with Crippen LogP contribution in [0.4, 0.5) is 14.9 Å². The van der Waals surface area contributed by atoms with E-state index >= 15 is 0 Å². The van der Waals surface area contributed by atoms with Crippen LogP contribution in [0.15, 0.2) is 30.6 Å². The highest BCUT2D eigenvalue weighted by atomic mass is 19.1. The highest BCUT2D eigenvalue weighted by molar-refractivity contribution is 5.75. The van der Waals surface area contributed by atoms with E-state index in [1.807, 2.05) is 20.8 Å². The van der Waals surface area contributed by atoms with Crippen molar-refractivity contribution in [2.24, 2.45) is 16.7 Å². The zero-order valence-electron chi connectivity index (χ0n) is 20.5. The van der Waals surface area contributed by atoms with Crippen LogP contribution < -0.4 is 5.32 Å². The summed E-state index contributed by atoms with van der Waals surface area (Å²) in [6, 6.07) is 3.30. The van der Waals surface area contributed by atoms with E-state index in [4.69, 9.17) is 4.74 Å². The molecule has 1 saturated heterocycles. The number of likely N-dealkylation sites (tertiary alicyclic amines) is 1. The van der Waals surface area contributed by atoms with Gasteiger partial charge in [-0.3, -0.25) is 14.3 Å². The topological polar surface area (TPSA) is 96.7 Å². The average Bonchev–Trinajstić information content (AvgIpc) is 3.35. The van der Waals surface area contributed by atoms with E-state index in [2.05, 4.69) is 10.3 Å². The number of imidazole rings is 1. The van der Waals surface area contributed by atoms with Crippen LogP contribution in [0.3, 0.4) is 0 Å². The fourth-order valence-corrected chi connectivity index (χ4v) is 5.12. The van der Waals surface area contributed by atoms with Crippen molar-refractivity contribution in [3.8, 4) is 0 Å². The van der Waals surface area contributed by atoms with E-state index in [-0.39, 0.29) is 36.1 Å². The Morgan fingerprint density at radius 1 is 1.24 bits per heavy atom. The lowest BCUT2D eigenvalue weighted by atomic mass is 9.79. The molecule has 1 aromatic heterocycles. The summed E-state index contributed by atoms with van der Waals surface area (Å²) in [7, 11) is 0. The predicted octanol–water partition coefficient (Wildman–Crippen LogP) is 5.19. The molecule has 8 nitrogen and oxygen atoms in total. The van der Waals surface area contributed by atoms with Gasteiger partial charge in [-0.2, -0.15) is 0 Å². The fourth-order valence-electron chi connectivity index (χ4n) is 5.12. The third kappa shape index (κ3) is 4.23. The second-order valence-electron chi connectivity index (χ2n) is 11.3. The Morgan fingerprint density at radius 2 is 1.94 bits per heavy atom. The highest BCUT2D eigenvalue weighted by Crippen LogP contribution is 2.55. The number of carbonyl (C=O) groups excluding carboxylic acids is 1. The van der Waals surface area contributed by atoms with Gasteiger partial charge in [-0.25, -0.2) is 14.2 Å². The normalized spacial score (nSPS) is 24.3. The summed E-state index contributed by atoms with van der Waals surface area (Å²) in [6.45, 7) is 11.4. The molecular weight excluding hydrogens is 439 g/mol. The van der Waals surface area contributed by atoms with Crippen molar-refractivity contribution in [1.82, 2.24) is 14.5 Å². The number of aromatic nitrogens is 2. The standard InChI is InChI=1S/C25H33FN4O4/c1-24(2,3)18-12-16-19(21-27-9-10-29(21)13-34-22(31)25(4,5)6)28-17-8-7-14(26)11-15(17)20(16)30(18)23(32)33/h7-11,16,18-20,28H,12-13H2,1-6H3,(H,32,33)/t16-,18?,19-,20+/m1/s1. The molecule has 1 unspecified atom stereocenters. The van der Waals surface area contributed by atoms with Gasteiger partial charge in [0.15, 0.2) is 6.73 Å². The van der Waals surface area contributed by atoms with Crippen molar-refractivity contribution >= 4 is 17.7 Å². The van der Waals surface area contributed by atoms with Gasteiger partial charge in [0.2, 0.25) is 0 Å². The summed E-state index contributed by atoms with van der Waals surface area (Å²) in [5, 5.41) is 13.7. The highest BCUT2D eigenvalue weighted by Gasteiger charge is 2.54. The number of carbonyl (C=O) groups is 2. The minimum Gasteiger partial charge on any atom is -0.465 e. The Morgan fingerprint density at radius 3 is 2.56 bits per heavy atom. The Hall–Kier alpha value is -3.10. The first-order chi connectivity index (χ1) is 15.8. The number of ether oxygens (including phenoxy) is 1. The Bertz CT molecular complexity index is 1100. The van der Waals surface area contributed by atoms with Crippen LogP contribution in [0, 0.1) is 22.6 Å². The molecule has 1 fully saturated rings. The predicted molar refractivity (Wildman–Crippen MR) is 124 cm³/mol. The Balaban J connectivity index is 1.75. The molecule has 184 valence electrons. The van der Waals surface area contributed by atoms with Crippen LogP contribution in [0.2, 0.25) is 0 Å². The summed E-state index contributed by atoms with van der Waals surface area (Å²) < 4.78 is 21.5. The van der Waals surface area contributed by atoms with Gasteiger partial charge in [-0.1, -0.05) is 20.8 Å². The molecule has 9 heteroatoms. The van der Waals surface area contributed by atoms with E-state index in [9.17, 15) is 19.1 Å². The lowest BCUT2D eigenvalue weighted by Gasteiger charge is -2.40. The van der Waals surface area contributed by atoms with Crippen LogP contribution in [0.5, 0.6) is 0 Å². The van der Waals surface area contributed by atoms with Crippen molar-refractivity contribution < 1.29 is 23.8 Å². The number of fused-ring (bicyclic) bond motifs is 3. The molecule has 3 heterocycles. The average molecular weight is 473 g/mol. The van der Waals surface area contributed by atoms with Gasteiger partial charge in [0, 0.05) is 35.6 Å². The maximum absolute atomic E-state index is 14.3. The molecule has 4 rings (SSSR count). The minimum absolute atomic E-state index is 0.00260. The molecule has 0 aliphatic carbocycles. The van der Waals surface area contributed by atoms with Gasteiger partial charge in [-0.15, -0.1) is 0 Å². The monoisotopic (exact) mass is 472 g/mol. The van der Waals surface area contributed by atoms with Gasteiger partial charge in [0.05, 0.1) is 17.5 Å². The molecule has 4 atom stereocenters. The van der Waals surface area contributed by atoms with Crippen molar-refractivity contribution in [2.75, 3.05) is 5.32 Å². The van der Waals surface area contributed by atoms with Crippen LogP contribution >= 0.6 is 0 Å². The minimum atomic E-state index is -1.02. The number of nitrogens with zero attached hydrogens (tertiary/aromatic N) is 3. The third-order valence-electron chi connectivity index (χ3n) is 6.80. The van der Waals surface area contributed by atoms with Crippen molar-refractivity contribution in [3.05, 3.63) is 47.8 Å². The van der Waals surface area contributed by atoms with Gasteiger partial charge < -0.3 is 15.2 Å². The number of esters is 1. The third-order valence-corrected chi connectivity index (χ3v) is 6.80. The maximum atomic E-state index is 14.3. The van der Waals surface area contributed by atoms with E-state index in [1.165, 1.54) is 17.0 Å². The number of anilines is 1. The van der Waals surface area contributed by atoms with Crippen molar-refractivity contribution in [2.45, 2.75) is 72.8 Å². The quantitative estimate of drug-likeness (QED) is 0.597. The molecule has 2 aliphatic heterocycles. The van der Waals surface area contributed by atoms with Crippen LogP contribution in [0.1, 0.15) is 71.4 Å². The lowest BCUT2D eigenvalue weighted by molar-refractivity contribution is -0.157. The summed E-state index contributed by atoms with van der Waals surface area (Å²) in [5.41, 5.74) is 0.360. The fraction of sp³-hybridized carbons (Fsp3) is 0.560. The number of hydrogen-bond acceptors (Lipinski definition) is 5. The van der Waals surface area contributed by atoms with Gasteiger partial charge in [-0.05, 0) is 50.8 Å². The molecule has 2 aliphatic rings. The number of rotatable bonds is 3. The number of benzene rings is 1. The molecule has 0 spiro atoms. The summed E-state index contributed by atoms with van der Waals surface area (Å²) in [5.74, 6) is -0.272. The van der Waals surface area contributed by atoms with E-state index in [1.54, 1.807) is 43.8 Å². The summed E-state index contributed by atoms with van der Waals surface area (Å²) in [6.07, 6.45) is 2.95. The number of amides is 1. The van der Waals surface area contributed by atoms with E-state index in [0.29, 0.717) is 23.5 Å². The van der Waals surface area contributed by atoms with Crippen LogP contribution in [-0.4, -0.2) is 37.7 Å². The zero-order valence-corrected chi connectivity index (χ0v) is 20.5. The Labute approximate surface area is 199 Å². The second-order valence-corrected chi connectivity index (χ2v) is 11.3. The second kappa shape index (κ2) is 8.29. The molecule has 0 saturated carbocycles. The lowest BCUT2D eigenvalue weighted by Crippen LogP contribution is -2.44. The van der Waals surface area contributed by atoms with Gasteiger partial charge in [0.1, 0.15) is 11.6 Å².